The molecule has 0 spiro atoms. The van der Waals surface area contributed by atoms with E-state index in [1.807, 2.05) is 24.3 Å². The lowest BCUT2D eigenvalue weighted by atomic mass is 9.90. The maximum absolute atomic E-state index is 14.3. The number of hydrogen-bond acceptors (Lipinski definition) is 8. The van der Waals surface area contributed by atoms with Crippen molar-refractivity contribution in [3.8, 4) is 16.3 Å². The van der Waals surface area contributed by atoms with Crippen LogP contribution in [0.15, 0.2) is 60.9 Å². The Balaban J connectivity index is 0.883. The summed E-state index contributed by atoms with van der Waals surface area (Å²) >= 11 is 7.86. The highest BCUT2D eigenvalue weighted by atomic mass is 35.5. The third-order valence-corrected chi connectivity index (χ3v) is 13.1. The first kappa shape index (κ1) is 40.5. The standard InChI is InChI=1S/C40H41ClF3N9O5S/c1-49-31(29-21-52(48-35(29)40(42,43)44)33-16-26-4-2-3-5-32(26)59-33)20-46-36(49)37(56)47-27-6-7-28(30(41)17-27)39(58)51-12-10-50(11-13-51)38(57)25-8-14-53(15-9-25,23-34(54)55)22-24-18-45-19-24/h2-7,16-17,20-21,24-25,45H,8-15,18-19,22-23H2,1H3,(H-,47,54,55,56,58)/p+1. The fourth-order valence-electron chi connectivity index (χ4n) is 8.43. The minimum Gasteiger partial charge on any atom is -0.477 e. The van der Waals surface area contributed by atoms with Crippen molar-refractivity contribution in [3.05, 3.63) is 83.0 Å². The van der Waals surface area contributed by atoms with Crippen molar-refractivity contribution in [2.45, 2.75) is 19.0 Å². The molecule has 3 aromatic heterocycles. The number of carboxylic acids is 1. The summed E-state index contributed by atoms with van der Waals surface area (Å²) in [5.74, 6) is -1.70. The third kappa shape index (κ3) is 8.31. The van der Waals surface area contributed by atoms with Crippen LogP contribution in [0.25, 0.3) is 26.3 Å². The molecule has 19 heteroatoms. The lowest BCUT2D eigenvalue weighted by molar-refractivity contribution is -0.929. The summed E-state index contributed by atoms with van der Waals surface area (Å²) in [6.07, 6.45) is -1.06. The molecule has 14 nitrogen and oxygen atoms in total. The number of thiophene rings is 1. The molecule has 0 bridgehead atoms. The molecule has 5 aromatic rings. The van der Waals surface area contributed by atoms with Crippen LogP contribution < -0.4 is 10.6 Å². The number of amides is 3. The Hall–Kier alpha value is -5.30. The van der Waals surface area contributed by atoms with Crippen molar-refractivity contribution in [1.29, 1.82) is 0 Å². The topological polar surface area (TPSA) is 155 Å². The number of piperazine rings is 1. The van der Waals surface area contributed by atoms with Crippen molar-refractivity contribution in [3.63, 3.8) is 0 Å². The molecule has 0 atom stereocenters. The summed E-state index contributed by atoms with van der Waals surface area (Å²) in [6, 6.07) is 13.6. The number of alkyl halides is 3. The van der Waals surface area contributed by atoms with E-state index < -0.39 is 23.7 Å². The van der Waals surface area contributed by atoms with E-state index >= 15 is 0 Å². The van der Waals surface area contributed by atoms with Crippen LogP contribution in [0, 0.1) is 11.8 Å². The van der Waals surface area contributed by atoms with Crippen LogP contribution in [0.1, 0.15) is 39.5 Å². The number of rotatable bonds is 10. The minimum absolute atomic E-state index is 0.0311. The summed E-state index contributed by atoms with van der Waals surface area (Å²) in [5, 5.41) is 20.8. The maximum Gasteiger partial charge on any atom is 0.435 e. The number of halogens is 4. The molecule has 0 unspecified atom stereocenters. The molecule has 3 N–H and O–H groups in total. The van der Waals surface area contributed by atoms with Crippen LogP contribution >= 0.6 is 22.9 Å². The first-order valence-electron chi connectivity index (χ1n) is 19.3. The van der Waals surface area contributed by atoms with Gasteiger partial charge in [0.05, 0.1) is 47.7 Å². The van der Waals surface area contributed by atoms with E-state index in [-0.39, 0.29) is 57.6 Å². The molecule has 2 aromatic carbocycles. The average molecular weight is 853 g/mol. The molecule has 59 heavy (non-hydrogen) atoms. The summed E-state index contributed by atoms with van der Waals surface area (Å²) in [5.41, 5.74) is -0.881. The predicted octanol–water partition coefficient (Wildman–Crippen LogP) is 5.23. The predicted molar refractivity (Wildman–Crippen MR) is 214 cm³/mol. The number of nitrogens with zero attached hydrogens (tertiary/aromatic N) is 7. The van der Waals surface area contributed by atoms with E-state index in [1.165, 1.54) is 58.2 Å². The van der Waals surface area contributed by atoms with E-state index in [9.17, 15) is 37.5 Å². The van der Waals surface area contributed by atoms with E-state index in [0.717, 1.165) is 29.7 Å². The Kier molecular flexibility index (Phi) is 11.0. The van der Waals surface area contributed by atoms with Gasteiger partial charge in [-0.15, -0.1) is 11.3 Å². The Labute approximate surface area is 345 Å². The van der Waals surface area contributed by atoms with E-state index in [2.05, 4.69) is 20.7 Å². The number of carbonyl (C=O) groups is 4. The molecule has 310 valence electrons. The average Bonchev–Trinajstić information content (AvgIpc) is 3.93. The first-order chi connectivity index (χ1) is 28.2. The number of piperidine rings is 1. The monoisotopic (exact) mass is 852 g/mol. The second kappa shape index (κ2) is 16.0. The number of nitrogens with one attached hydrogen (secondary N) is 2. The van der Waals surface area contributed by atoms with Gasteiger partial charge in [-0.2, -0.15) is 18.3 Å². The Bertz CT molecular complexity index is 2390. The van der Waals surface area contributed by atoms with Crippen LogP contribution in [0.3, 0.4) is 0 Å². The van der Waals surface area contributed by atoms with Gasteiger partial charge in [0.15, 0.2) is 18.1 Å². The lowest BCUT2D eigenvalue weighted by Crippen LogP contribution is -2.62. The molecule has 8 rings (SSSR count). The number of fused-ring (bicyclic) bond motifs is 1. The van der Waals surface area contributed by atoms with Gasteiger partial charge in [-0.3, -0.25) is 14.4 Å². The molecule has 3 fully saturated rings. The van der Waals surface area contributed by atoms with Gasteiger partial charge in [-0.25, -0.2) is 14.5 Å². The SMILES string of the molecule is Cn1c(-c2cn(-c3cc4ccccc4s3)nc2C(F)(F)F)cnc1C(=O)Nc1ccc(C(=O)N2CCN(C(=O)C3CC[N+](CC(=O)O)(CC4CNC4)CC3)CC2)c(Cl)c1. The van der Waals surface area contributed by atoms with Gasteiger partial charge < -0.3 is 34.6 Å². The smallest absolute Gasteiger partial charge is 0.435 e. The van der Waals surface area contributed by atoms with Gasteiger partial charge in [-0.1, -0.05) is 29.8 Å². The summed E-state index contributed by atoms with van der Waals surface area (Å²) < 4.78 is 46.6. The number of benzene rings is 2. The minimum atomic E-state index is -4.79. The molecule has 3 aliphatic heterocycles. The molecule has 3 saturated heterocycles. The van der Waals surface area contributed by atoms with Crippen molar-refractivity contribution in [2.24, 2.45) is 18.9 Å². The van der Waals surface area contributed by atoms with Gasteiger partial charge in [0.2, 0.25) is 5.91 Å². The zero-order valence-corrected chi connectivity index (χ0v) is 33.6. The number of carboxylic acid groups (broad SMARTS) is 1. The van der Waals surface area contributed by atoms with Crippen molar-refractivity contribution >= 4 is 62.4 Å². The number of carbonyl (C=O) groups excluding carboxylic acids is 3. The van der Waals surface area contributed by atoms with Gasteiger partial charge in [0, 0.05) is 87.6 Å². The highest BCUT2D eigenvalue weighted by molar-refractivity contribution is 7.21. The number of aliphatic carboxylic acids is 1. The summed E-state index contributed by atoms with van der Waals surface area (Å²) in [6.45, 7) is 5.30. The molecule has 0 saturated carbocycles. The van der Waals surface area contributed by atoms with E-state index in [4.69, 9.17) is 11.6 Å². The quantitative estimate of drug-likeness (QED) is 0.162. The highest BCUT2D eigenvalue weighted by Gasteiger charge is 2.42. The number of imidazole rings is 1. The van der Waals surface area contributed by atoms with Gasteiger partial charge in [0.1, 0.15) is 5.00 Å². The van der Waals surface area contributed by atoms with Gasteiger partial charge in [0.25, 0.3) is 11.8 Å². The van der Waals surface area contributed by atoms with Crippen LogP contribution in [0.2, 0.25) is 5.02 Å². The lowest BCUT2D eigenvalue weighted by Gasteiger charge is -2.46. The van der Waals surface area contributed by atoms with E-state index in [0.29, 0.717) is 67.5 Å². The number of quaternary nitrogens is 1. The number of hydrogen-bond donors (Lipinski definition) is 3. The molecular formula is C40H42ClF3N9O5S+. The van der Waals surface area contributed by atoms with Crippen LogP contribution in [0.5, 0.6) is 0 Å². The van der Waals surface area contributed by atoms with Crippen LogP contribution in [0.4, 0.5) is 18.9 Å². The van der Waals surface area contributed by atoms with Crippen LogP contribution in [-0.2, 0) is 22.8 Å². The summed E-state index contributed by atoms with van der Waals surface area (Å²) in [7, 11) is 1.44. The molecule has 3 aliphatic rings. The maximum atomic E-state index is 14.3. The molecule has 3 amide bonds. The molecule has 0 radical (unpaired) electrons. The molecule has 6 heterocycles. The number of aromatic nitrogens is 4. The Morgan fingerprint density at radius 1 is 1.02 bits per heavy atom. The number of likely N-dealkylation sites (tertiary alicyclic amines) is 1. The fourth-order valence-corrected chi connectivity index (χ4v) is 9.68. The Morgan fingerprint density at radius 3 is 2.37 bits per heavy atom. The number of anilines is 1. The fraction of sp³-hybridized carbons (Fsp3) is 0.400. The first-order valence-corrected chi connectivity index (χ1v) is 20.5. The Morgan fingerprint density at radius 2 is 1.73 bits per heavy atom. The zero-order chi connectivity index (χ0) is 41.6. The van der Waals surface area contributed by atoms with Crippen molar-refractivity contribution in [1.82, 2.24) is 34.4 Å². The van der Waals surface area contributed by atoms with Crippen LogP contribution in [-0.4, -0.2) is 128 Å². The second-order valence-corrected chi connectivity index (χ2v) is 17.0. The zero-order valence-electron chi connectivity index (χ0n) is 32.0. The second-order valence-electron chi connectivity index (χ2n) is 15.6. The van der Waals surface area contributed by atoms with Gasteiger partial charge in [-0.05, 0) is 35.7 Å². The molecular weight excluding hydrogens is 811 g/mol. The normalized spacial score (nSPS) is 20.1. The van der Waals surface area contributed by atoms with E-state index in [1.54, 1.807) is 15.9 Å². The molecule has 0 aliphatic carbocycles. The van der Waals surface area contributed by atoms with Crippen molar-refractivity contribution < 1.29 is 41.9 Å². The highest BCUT2D eigenvalue weighted by Crippen LogP contribution is 2.38. The largest absolute Gasteiger partial charge is 0.477 e. The van der Waals surface area contributed by atoms with Gasteiger partial charge >= 0.3 is 12.1 Å². The van der Waals surface area contributed by atoms with Crippen molar-refractivity contribution in [2.75, 3.05) is 70.8 Å². The third-order valence-electron chi connectivity index (χ3n) is 11.7. The summed E-state index contributed by atoms with van der Waals surface area (Å²) in [4.78, 5) is 59.7.